The van der Waals surface area contributed by atoms with Crippen LogP contribution >= 0.6 is 12.4 Å². The summed E-state index contributed by atoms with van der Waals surface area (Å²) in [5.74, 6) is 0. The number of hydrogen-bond acceptors (Lipinski definition) is 1. The summed E-state index contributed by atoms with van der Waals surface area (Å²) < 4.78 is 0. The lowest BCUT2D eigenvalue weighted by Crippen LogP contribution is -2.13. The Morgan fingerprint density at radius 1 is 1.30 bits per heavy atom. The average molecular weight is 162 g/mol. The molecule has 1 fully saturated rings. The third-order valence-corrected chi connectivity index (χ3v) is 1.88. The molecule has 60 valence electrons. The van der Waals surface area contributed by atoms with Crippen LogP contribution in [-0.4, -0.2) is 13.1 Å². The Bertz CT molecular complexity index is 99.8. The second-order valence-corrected chi connectivity index (χ2v) is 2.55. The molecule has 1 aliphatic rings. The van der Waals surface area contributed by atoms with E-state index in [1.54, 1.807) is 5.57 Å². The summed E-state index contributed by atoms with van der Waals surface area (Å²) in [4.78, 5) is 0. The normalized spacial score (nSPS) is 23.5. The Morgan fingerprint density at radius 2 is 2.10 bits per heavy atom. The molecule has 0 bridgehead atoms. The molecule has 0 saturated carbocycles. The second kappa shape index (κ2) is 5.75. The molecule has 1 N–H and O–H groups in total. The quantitative estimate of drug-likeness (QED) is 0.537. The molecular weight excluding hydrogens is 146 g/mol. The van der Waals surface area contributed by atoms with Gasteiger partial charge in [-0.15, -0.1) is 12.4 Å². The molecule has 0 aliphatic carbocycles. The molecule has 1 rings (SSSR count). The van der Waals surface area contributed by atoms with Gasteiger partial charge in [-0.25, -0.2) is 0 Å². The average Bonchev–Trinajstić information content (AvgIpc) is 2.13. The van der Waals surface area contributed by atoms with Crippen molar-refractivity contribution in [3.05, 3.63) is 11.6 Å². The third kappa shape index (κ3) is 3.23. The summed E-state index contributed by atoms with van der Waals surface area (Å²) in [6, 6.07) is 0. The van der Waals surface area contributed by atoms with Crippen LogP contribution in [0.5, 0.6) is 0 Å². The van der Waals surface area contributed by atoms with E-state index in [-0.39, 0.29) is 12.4 Å². The van der Waals surface area contributed by atoms with Crippen LogP contribution in [0.25, 0.3) is 0 Å². The summed E-state index contributed by atoms with van der Waals surface area (Å²) in [5, 5.41) is 3.37. The predicted molar refractivity (Wildman–Crippen MR) is 47.7 cm³/mol. The number of halogens is 1. The van der Waals surface area contributed by atoms with E-state index >= 15 is 0 Å². The third-order valence-electron chi connectivity index (χ3n) is 1.88. The van der Waals surface area contributed by atoms with Gasteiger partial charge in [-0.3, -0.25) is 0 Å². The molecule has 1 aliphatic heterocycles. The second-order valence-electron chi connectivity index (χ2n) is 2.55. The number of allylic oxidation sites excluding steroid dienone is 1. The molecular formula is C8H16ClN. The van der Waals surface area contributed by atoms with Crippen molar-refractivity contribution < 1.29 is 0 Å². The molecule has 0 atom stereocenters. The van der Waals surface area contributed by atoms with Gasteiger partial charge in [0.2, 0.25) is 0 Å². The van der Waals surface area contributed by atoms with E-state index in [9.17, 15) is 0 Å². The molecule has 0 amide bonds. The lowest BCUT2D eigenvalue weighted by atomic mass is 10.1. The van der Waals surface area contributed by atoms with Gasteiger partial charge in [-0.05, 0) is 39.3 Å². The van der Waals surface area contributed by atoms with E-state index < -0.39 is 0 Å². The van der Waals surface area contributed by atoms with Crippen LogP contribution in [0.15, 0.2) is 11.6 Å². The van der Waals surface area contributed by atoms with E-state index in [4.69, 9.17) is 0 Å². The van der Waals surface area contributed by atoms with E-state index in [1.807, 2.05) is 0 Å². The first-order valence-electron chi connectivity index (χ1n) is 3.78. The Labute approximate surface area is 69.3 Å². The van der Waals surface area contributed by atoms with Gasteiger partial charge in [0.05, 0.1) is 0 Å². The molecule has 0 aromatic carbocycles. The SMILES string of the molecule is C/C=C1/CCCNCC1.Cl. The summed E-state index contributed by atoms with van der Waals surface area (Å²) in [6.07, 6.45) is 6.15. The molecule has 10 heavy (non-hydrogen) atoms. The van der Waals surface area contributed by atoms with E-state index in [2.05, 4.69) is 18.3 Å². The van der Waals surface area contributed by atoms with Crippen molar-refractivity contribution in [2.24, 2.45) is 0 Å². The van der Waals surface area contributed by atoms with Crippen LogP contribution in [0.2, 0.25) is 0 Å². The zero-order valence-corrected chi connectivity index (χ0v) is 7.34. The molecule has 0 radical (unpaired) electrons. The Morgan fingerprint density at radius 3 is 2.80 bits per heavy atom. The van der Waals surface area contributed by atoms with Crippen LogP contribution in [-0.2, 0) is 0 Å². The van der Waals surface area contributed by atoms with Crippen LogP contribution in [0.4, 0.5) is 0 Å². The minimum absolute atomic E-state index is 0. The van der Waals surface area contributed by atoms with E-state index in [0.29, 0.717) is 0 Å². The van der Waals surface area contributed by atoms with Gasteiger partial charge >= 0.3 is 0 Å². The molecule has 0 unspecified atom stereocenters. The Hall–Kier alpha value is -0.0100. The number of rotatable bonds is 0. The van der Waals surface area contributed by atoms with Gasteiger partial charge in [-0.1, -0.05) is 11.6 Å². The van der Waals surface area contributed by atoms with E-state index in [0.717, 1.165) is 0 Å². The fraction of sp³-hybridized carbons (Fsp3) is 0.750. The van der Waals surface area contributed by atoms with Gasteiger partial charge in [0.1, 0.15) is 0 Å². The van der Waals surface area contributed by atoms with Crippen molar-refractivity contribution in [1.82, 2.24) is 5.32 Å². The van der Waals surface area contributed by atoms with Crippen LogP contribution in [0, 0.1) is 0 Å². The van der Waals surface area contributed by atoms with Crippen molar-refractivity contribution >= 4 is 12.4 Å². The Kier molecular flexibility index (Phi) is 5.74. The van der Waals surface area contributed by atoms with Gasteiger partial charge in [0.15, 0.2) is 0 Å². The van der Waals surface area contributed by atoms with E-state index in [1.165, 1.54) is 32.4 Å². The first-order valence-corrected chi connectivity index (χ1v) is 3.78. The highest BCUT2D eigenvalue weighted by molar-refractivity contribution is 5.85. The topological polar surface area (TPSA) is 12.0 Å². The van der Waals surface area contributed by atoms with Crippen molar-refractivity contribution in [2.75, 3.05) is 13.1 Å². The lowest BCUT2D eigenvalue weighted by molar-refractivity contribution is 0.703. The zero-order chi connectivity index (χ0) is 6.53. The summed E-state index contributed by atoms with van der Waals surface area (Å²) in [6.45, 7) is 4.53. The maximum absolute atomic E-state index is 3.37. The van der Waals surface area contributed by atoms with Gasteiger partial charge in [0, 0.05) is 0 Å². The van der Waals surface area contributed by atoms with Crippen molar-refractivity contribution in [3.63, 3.8) is 0 Å². The maximum Gasteiger partial charge on any atom is -0.00116 e. The highest BCUT2D eigenvalue weighted by Crippen LogP contribution is 2.10. The van der Waals surface area contributed by atoms with Gasteiger partial charge < -0.3 is 5.32 Å². The van der Waals surface area contributed by atoms with Crippen LogP contribution in [0.3, 0.4) is 0 Å². The minimum Gasteiger partial charge on any atom is -0.316 e. The molecule has 0 aromatic heterocycles. The fourth-order valence-corrected chi connectivity index (χ4v) is 1.23. The van der Waals surface area contributed by atoms with Crippen molar-refractivity contribution in [3.8, 4) is 0 Å². The van der Waals surface area contributed by atoms with Crippen molar-refractivity contribution in [1.29, 1.82) is 0 Å². The maximum atomic E-state index is 3.37. The summed E-state index contributed by atoms with van der Waals surface area (Å²) in [7, 11) is 0. The number of nitrogens with one attached hydrogen (secondary N) is 1. The van der Waals surface area contributed by atoms with Crippen LogP contribution < -0.4 is 5.32 Å². The highest BCUT2D eigenvalue weighted by atomic mass is 35.5. The lowest BCUT2D eigenvalue weighted by Gasteiger charge is -1.97. The zero-order valence-electron chi connectivity index (χ0n) is 6.52. The highest BCUT2D eigenvalue weighted by Gasteiger charge is 2.00. The minimum atomic E-state index is 0. The summed E-state index contributed by atoms with van der Waals surface area (Å²) in [5.41, 5.74) is 1.63. The van der Waals surface area contributed by atoms with Crippen molar-refractivity contribution in [2.45, 2.75) is 26.2 Å². The monoisotopic (exact) mass is 161 g/mol. The van der Waals surface area contributed by atoms with Crippen LogP contribution in [0.1, 0.15) is 26.2 Å². The number of hydrogen-bond donors (Lipinski definition) is 1. The molecule has 0 aromatic rings. The van der Waals surface area contributed by atoms with Gasteiger partial charge in [0.25, 0.3) is 0 Å². The smallest absolute Gasteiger partial charge is 0.00116 e. The molecule has 1 saturated heterocycles. The fourth-order valence-electron chi connectivity index (χ4n) is 1.23. The summed E-state index contributed by atoms with van der Waals surface area (Å²) >= 11 is 0. The largest absolute Gasteiger partial charge is 0.316 e. The first kappa shape index (κ1) is 9.99. The molecule has 1 nitrogen and oxygen atoms in total. The standard InChI is InChI=1S/C8H15N.ClH/c1-2-8-4-3-6-9-7-5-8;/h2,9H,3-7H2,1H3;1H/b8-2-;. The molecule has 2 heteroatoms. The molecule has 0 spiro atoms. The Balaban J connectivity index is 0.000000810. The van der Waals surface area contributed by atoms with Gasteiger partial charge in [-0.2, -0.15) is 0 Å². The first-order chi connectivity index (χ1) is 4.43. The molecule has 1 heterocycles. The predicted octanol–water partition coefficient (Wildman–Crippen LogP) is 2.13.